The highest BCUT2D eigenvalue weighted by Crippen LogP contribution is 2.36. The molecule has 1 aliphatic rings. The summed E-state index contributed by atoms with van der Waals surface area (Å²) < 4.78 is 22.5. The number of hydrogen-bond donors (Lipinski definition) is 0. The topological polar surface area (TPSA) is 83.4 Å². The average molecular weight is 587 g/mol. The van der Waals surface area contributed by atoms with E-state index in [0.29, 0.717) is 37.1 Å². The summed E-state index contributed by atoms with van der Waals surface area (Å²) in [6, 6.07) is 17.0. The molecule has 0 fully saturated rings. The third-order valence-corrected chi connectivity index (χ3v) is 5.85. The van der Waals surface area contributed by atoms with Gasteiger partial charge in [0.2, 0.25) is 5.90 Å². The molecular weight excluding hydrogens is 570 g/mol. The van der Waals surface area contributed by atoms with Gasteiger partial charge in [0.1, 0.15) is 11.5 Å². The van der Waals surface area contributed by atoms with Crippen molar-refractivity contribution < 1.29 is 28.5 Å². The fourth-order valence-electron chi connectivity index (χ4n) is 3.09. The van der Waals surface area contributed by atoms with Gasteiger partial charge in [-0.05, 0) is 82.7 Å². The van der Waals surface area contributed by atoms with Crippen LogP contribution in [0.4, 0.5) is 0 Å². The minimum absolute atomic E-state index is 0.0672. The maximum atomic E-state index is 12.7. The lowest BCUT2D eigenvalue weighted by molar-refractivity contribution is -0.129. The Morgan fingerprint density at radius 2 is 1.56 bits per heavy atom. The second-order valence-electron chi connectivity index (χ2n) is 6.99. The normalized spacial score (nSPS) is 13.9. The molecule has 1 heterocycles. The molecule has 0 saturated heterocycles. The monoisotopic (exact) mass is 585 g/mol. The van der Waals surface area contributed by atoms with Crippen molar-refractivity contribution in [3.63, 3.8) is 0 Å². The number of nitrogens with zero attached hydrogens (tertiary/aromatic N) is 1. The van der Waals surface area contributed by atoms with E-state index in [9.17, 15) is 9.59 Å². The number of ether oxygens (including phenoxy) is 4. The molecule has 1 aliphatic heterocycles. The molecule has 0 bridgehead atoms. The highest BCUT2D eigenvalue weighted by molar-refractivity contribution is 9.11. The van der Waals surface area contributed by atoms with Crippen molar-refractivity contribution in [2.45, 2.75) is 0 Å². The number of benzene rings is 3. The van der Waals surface area contributed by atoms with Crippen LogP contribution in [0.2, 0.25) is 0 Å². The van der Waals surface area contributed by atoms with Crippen molar-refractivity contribution in [2.75, 3.05) is 14.2 Å². The molecule has 4 rings (SSSR count). The van der Waals surface area contributed by atoms with Crippen LogP contribution in [0, 0.1) is 0 Å². The van der Waals surface area contributed by atoms with Gasteiger partial charge in [0.05, 0.1) is 24.3 Å². The lowest BCUT2D eigenvalue weighted by Crippen LogP contribution is -2.10. The van der Waals surface area contributed by atoms with Crippen LogP contribution in [0.25, 0.3) is 6.08 Å². The first kappa shape index (κ1) is 23.7. The van der Waals surface area contributed by atoms with Gasteiger partial charge in [-0.25, -0.2) is 14.6 Å². The second-order valence-corrected chi connectivity index (χ2v) is 8.76. The predicted molar refractivity (Wildman–Crippen MR) is 133 cm³/mol. The van der Waals surface area contributed by atoms with Crippen LogP contribution < -0.4 is 14.2 Å². The molecule has 0 aliphatic carbocycles. The fraction of sp³-hybridized carbons (Fsp3) is 0.0800. The summed E-state index contributed by atoms with van der Waals surface area (Å²) in [7, 11) is 3.11. The minimum Gasteiger partial charge on any atom is -0.497 e. The van der Waals surface area contributed by atoms with E-state index in [2.05, 4.69) is 36.9 Å². The molecule has 3 aromatic rings. The summed E-state index contributed by atoms with van der Waals surface area (Å²) in [5.41, 5.74) is 1.49. The van der Waals surface area contributed by atoms with Crippen LogP contribution in [0.15, 0.2) is 80.3 Å². The Morgan fingerprint density at radius 3 is 2.18 bits per heavy atom. The number of methoxy groups -OCH3 is 2. The Hall–Kier alpha value is -3.43. The van der Waals surface area contributed by atoms with Gasteiger partial charge in [0, 0.05) is 15.6 Å². The van der Waals surface area contributed by atoms with Crippen molar-refractivity contribution in [3.05, 3.63) is 92.0 Å². The highest BCUT2D eigenvalue weighted by atomic mass is 79.9. The van der Waals surface area contributed by atoms with Crippen molar-refractivity contribution >= 4 is 55.8 Å². The van der Waals surface area contributed by atoms with Crippen molar-refractivity contribution in [1.29, 1.82) is 0 Å². The van der Waals surface area contributed by atoms with Gasteiger partial charge in [-0.3, -0.25) is 0 Å². The van der Waals surface area contributed by atoms with E-state index in [-0.39, 0.29) is 17.3 Å². The number of cyclic esters (lactones) is 1. The van der Waals surface area contributed by atoms with E-state index in [4.69, 9.17) is 18.9 Å². The van der Waals surface area contributed by atoms with E-state index in [1.165, 1.54) is 6.08 Å². The Balaban J connectivity index is 1.66. The standard InChI is InChI=1S/C25H17Br2NO6/c1-31-18-7-3-14(4-8-18)23-28-21(25(30)34-23)12-16-11-17(26)13-20(27)22(16)33-24(29)15-5-9-19(32-2)10-6-15/h3-13H,1-2H3/b21-12-. The SMILES string of the molecule is COc1ccc(C(=O)Oc2c(Br)cc(Br)cc2/C=C2\N=C(c3ccc(OC)cc3)OC2=O)cc1. The van der Waals surface area contributed by atoms with Gasteiger partial charge in [0.15, 0.2) is 11.4 Å². The van der Waals surface area contributed by atoms with E-state index in [1.807, 2.05) is 0 Å². The van der Waals surface area contributed by atoms with Gasteiger partial charge < -0.3 is 18.9 Å². The first-order valence-corrected chi connectivity index (χ1v) is 11.5. The fourth-order valence-corrected chi connectivity index (χ4v) is 4.43. The third kappa shape index (κ3) is 5.21. The summed E-state index contributed by atoms with van der Waals surface area (Å²) in [6.45, 7) is 0. The summed E-state index contributed by atoms with van der Waals surface area (Å²) >= 11 is 6.85. The summed E-state index contributed by atoms with van der Waals surface area (Å²) in [4.78, 5) is 29.6. The lowest BCUT2D eigenvalue weighted by Gasteiger charge is -2.11. The Kier molecular flexibility index (Phi) is 7.14. The molecule has 172 valence electrons. The van der Waals surface area contributed by atoms with Crippen molar-refractivity contribution in [3.8, 4) is 17.2 Å². The zero-order valence-electron chi connectivity index (χ0n) is 18.0. The largest absolute Gasteiger partial charge is 0.497 e. The molecule has 0 unspecified atom stereocenters. The van der Waals surface area contributed by atoms with Gasteiger partial charge in [0.25, 0.3) is 0 Å². The van der Waals surface area contributed by atoms with Gasteiger partial charge >= 0.3 is 11.9 Å². The van der Waals surface area contributed by atoms with E-state index >= 15 is 0 Å². The molecular formula is C25H17Br2NO6. The lowest BCUT2D eigenvalue weighted by atomic mass is 10.1. The summed E-state index contributed by atoms with van der Waals surface area (Å²) in [5, 5.41) is 0. The van der Waals surface area contributed by atoms with Crippen molar-refractivity contribution in [1.82, 2.24) is 0 Å². The molecule has 9 heteroatoms. The summed E-state index contributed by atoms with van der Waals surface area (Å²) in [6.07, 6.45) is 1.50. The maximum absolute atomic E-state index is 12.7. The second kappa shape index (κ2) is 10.2. The van der Waals surface area contributed by atoms with Crippen LogP contribution in [-0.4, -0.2) is 32.1 Å². The summed E-state index contributed by atoms with van der Waals surface area (Å²) in [5.74, 6) is 0.516. The van der Waals surface area contributed by atoms with Crippen LogP contribution in [-0.2, 0) is 9.53 Å². The van der Waals surface area contributed by atoms with Gasteiger partial charge in [-0.15, -0.1) is 0 Å². The number of carbonyl (C=O) groups excluding carboxylic acids is 2. The maximum Gasteiger partial charge on any atom is 0.363 e. The smallest absolute Gasteiger partial charge is 0.363 e. The van der Waals surface area contributed by atoms with Gasteiger partial charge in [-0.2, -0.15) is 0 Å². The first-order valence-electron chi connectivity index (χ1n) is 9.90. The Morgan fingerprint density at radius 1 is 0.941 bits per heavy atom. The number of esters is 2. The minimum atomic E-state index is -0.616. The number of aliphatic imine (C=N–C) groups is 1. The molecule has 0 aromatic heterocycles. The molecule has 7 nitrogen and oxygen atoms in total. The molecule has 0 radical (unpaired) electrons. The Bertz CT molecular complexity index is 1310. The number of carbonyl (C=O) groups is 2. The van der Waals surface area contributed by atoms with Crippen LogP contribution in [0.3, 0.4) is 0 Å². The molecule has 0 saturated carbocycles. The molecule has 34 heavy (non-hydrogen) atoms. The van der Waals surface area contributed by atoms with Crippen LogP contribution in [0.1, 0.15) is 21.5 Å². The van der Waals surface area contributed by atoms with E-state index in [1.54, 1.807) is 74.9 Å². The van der Waals surface area contributed by atoms with E-state index in [0.717, 1.165) is 0 Å². The zero-order valence-corrected chi connectivity index (χ0v) is 21.2. The Labute approximate surface area is 212 Å². The number of hydrogen-bond acceptors (Lipinski definition) is 7. The molecule has 0 spiro atoms. The number of rotatable bonds is 6. The van der Waals surface area contributed by atoms with E-state index < -0.39 is 11.9 Å². The van der Waals surface area contributed by atoms with Gasteiger partial charge in [-0.1, -0.05) is 15.9 Å². The van der Waals surface area contributed by atoms with Crippen LogP contribution in [0.5, 0.6) is 17.2 Å². The zero-order chi connectivity index (χ0) is 24.2. The highest BCUT2D eigenvalue weighted by Gasteiger charge is 2.25. The average Bonchev–Trinajstić information content (AvgIpc) is 3.21. The van der Waals surface area contributed by atoms with Crippen molar-refractivity contribution in [2.24, 2.45) is 4.99 Å². The first-order chi connectivity index (χ1) is 16.4. The molecule has 0 atom stereocenters. The predicted octanol–water partition coefficient (Wildman–Crippen LogP) is 5.79. The molecule has 3 aromatic carbocycles. The quantitative estimate of drug-likeness (QED) is 0.206. The molecule has 0 amide bonds. The molecule has 0 N–H and O–H groups in total. The van der Waals surface area contributed by atoms with Crippen LogP contribution >= 0.6 is 31.9 Å². The number of halogens is 2. The third-order valence-electron chi connectivity index (χ3n) is 4.81.